The van der Waals surface area contributed by atoms with Gasteiger partial charge in [-0.05, 0) is 66.6 Å². The third-order valence-electron chi connectivity index (χ3n) is 10.9. The summed E-state index contributed by atoms with van der Waals surface area (Å²) < 4.78 is 31.1. The number of carbonyl (C=O) groups excluding carboxylic acids is 2. The van der Waals surface area contributed by atoms with E-state index in [1.807, 2.05) is 73.5 Å². The van der Waals surface area contributed by atoms with Gasteiger partial charge in [0.1, 0.15) is 24.4 Å². The summed E-state index contributed by atoms with van der Waals surface area (Å²) in [5, 5.41) is 44.5. The first kappa shape index (κ1) is 42.7. The van der Waals surface area contributed by atoms with E-state index in [4.69, 9.17) is 23.7 Å². The fraction of sp³-hybridized carbons (Fsp3) is 0.842. The number of allylic oxidation sites excluding steroid dienone is 3. The average molecular weight is 712 g/mol. The maximum atomic E-state index is 13.3. The average Bonchev–Trinajstić information content (AvgIpc) is 3.03. The van der Waals surface area contributed by atoms with E-state index in [0.29, 0.717) is 19.3 Å². The Bertz CT molecular complexity index is 1170. The highest BCUT2D eigenvalue weighted by Gasteiger charge is 2.51. The Morgan fingerprint density at radius 2 is 1.60 bits per heavy atom. The normalized spacial score (nSPS) is 46.2. The number of esters is 1. The van der Waals surface area contributed by atoms with Crippen LogP contribution in [0.25, 0.3) is 0 Å². The van der Waals surface area contributed by atoms with Crippen LogP contribution in [-0.2, 0) is 33.3 Å². The van der Waals surface area contributed by atoms with Crippen molar-refractivity contribution in [1.29, 1.82) is 0 Å². The first-order valence-corrected chi connectivity index (χ1v) is 18.5. The molecule has 0 bridgehead atoms. The Labute approximate surface area is 299 Å². The second-order valence-corrected chi connectivity index (χ2v) is 15.5. The minimum absolute atomic E-state index is 0.0237. The number of aliphatic hydroxyl groups is 4. The van der Waals surface area contributed by atoms with Gasteiger partial charge < -0.3 is 49.0 Å². The van der Waals surface area contributed by atoms with Crippen LogP contribution < -0.4 is 0 Å². The summed E-state index contributed by atoms with van der Waals surface area (Å²) in [6.07, 6.45) is -1.69. The first-order chi connectivity index (χ1) is 23.3. The molecule has 0 spiro atoms. The van der Waals surface area contributed by atoms with Gasteiger partial charge in [0.25, 0.3) is 0 Å². The van der Waals surface area contributed by atoms with E-state index < -0.39 is 84.9 Å². The molecular formula is C38H65NO11. The number of ether oxygens (including phenoxy) is 5. The molecule has 2 saturated heterocycles. The van der Waals surface area contributed by atoms with Gasteiger partial charge in [0.05, 0.1) is 42.5 Å². The van der Waals surface area contributed by atoms with E-state index in [2.05, 4.69) is 0 Å². The predicted molar refractivity (Wildman–Crippen MR) is 188 cm³/mol. The lowest BCUT2D eigenvalue weighted by atomic mass is 9.80. The molecule has 288 valence electrons. The van der Waals surface area contributed by atoms with Crippen molar-refractivity contribution >= 4 is 11.8 Å². The molecule has 0 aliphatic carbocycles. The summed E-state index contributed by atoms with van der Waals surface area (Å²) in [6.45, 7) is 16.5. The maximum absolute atomic E-state index is 13.3. The van der Waals surface area contributed by atoms with Gasteiger partial charge in [0.2, 0.25) is 0 Å². The molecule has 12 nitrogen and oxygen atoms in total. The van der Waals surface area contributed by atoms with E-state index in [1.54, 1.807) is 19.1 Å². The summed E-state index contributed by atoms with van der Waals surface area (Å²) >= 11 is 0. The van der Waals surface area contributed by atoms with Crippen molar-refractivity contribution in [2.45, 2.75) is 167 Å². The third kappa shape index (κ3) is 10.7. The van der Waals surface area contributed by atoms with E-state index in [9.17, 15) is 30.0 Å². The number of hydrogen-bond acceptors (Lipinski definition) is 12. The molecule has 16 atom stereocenters. The minimum atomic E-state index is -1.43. The fourth-order valence-electron chi connectivity index (χ4n) is 7.72. The van der Waals surface area contributed by atoms with Crippen LogP contribution in [0, 0.1) is 23.7 Å². The maximum Gasteiger partial charge on any atom is 0.308 e. The topological polar surface area (TPSA) is 164 Å². The van der Waals surface area contributed by atoms with Crippen molar-refractivity contribution in [1.82, 2.24) is 4.90 Å². The summed E-state index contributed by atoms with van der Waals surface area (Å²) in [5.74, 6) is -1.81. The number of rotatable bonds is 7. The number of cyclic esters (lactones) is 1. The summed E-state index contributed by atoms with van der Waals surface area (Å²) in [4.78, 5) is 28.3. The molecule has 3 rings (SSSR count). The zero-order chi connectivity index (χ0) is 37.7. The Balaban J connectivity index is 1.92. The molecule has 0 unspecified atom stereocenters. The third-order valence-corrected chi connectivity index (χ3v) is 10.9. The van der Waals surface area contributed by atoms with Gasteiger partial charge in [0.15, 0.2) is 18.4 Å². The number of ketones is 1. The lowest BCUT2D eigenvalue weighted by molar-refractivity contribution is -0.342. The summed E-state index contributed by atoms with van der Waals surface area (Å²) in [7, 11) is 3.62. The predicted octanol–water partition coefficient (Wildman–Crippen LogP) is 3.52. The molecule has 0 amide bonds. The van der Waals surface area contributed by atoms with Gasteiger partial charge in [-0.25, -0.2) is 0 Å². The van der Waals surface area contributed by atoms with Crippen molar-refractivity contribution in [3.8, 4) is 0 Å². The van der Waals surface area contributed by atoms with Crippen molar-refractivity contribution in [3.63, 3.8) is 0 Å². The smallest absolute Gasteiger partial charge is 0.308 e. The molecular weight excluding hydrogens is 646 g/mol. The minimum Gasteiger partial charge on any atom is -0.462 e. The lowest BCUT2D eigenvalue weighted by Gasteiger charge is -2.50. The van der Waals surface area contributed by atoms with Crippen molar-refractivity contribution < 1.29 is 53.7 Å². The molecule has 0 aromatic rings. The van der Waals surface area contributed by atoms with Crippen LogP contribution in [0.3, 0.4) is 0 Å². The molecule has 4 N–H and O–H groups in total. The lowest BCUT2D eigenvalue weighted by Crippen LogP contribution is -2.65. The number of nitrogens with zero attached hydrogens (tertiary/aromatic N) is 1. The van der Waals surface area contributed by atoms with E-state index in [-0.39, 0.29) is 36.4 Å². The highest BCUT2D eigenvalue weighted by atomic mass is 16.7. The first-order valence-electron chi connectivity index (χ1n) is 18.5. The van der Waals surface area contributed by atoms with Crippen LogP contribution in [0.15, 0.2) is 23.8 Å². The van der Waals surface area contributed by atoms with Gasteiger partial charge in [-0.1, -0.05) is 58.8 Å². The monoisotopic (exact) mass is 711 g/mol. The highest BCUT2D eigenvalue weighted by molar-refractivity contribution is 5.91. The van der Waals surface area contributed by atoms with E-state index in [1.165, 1.54) is 6.92 Å². The van der Waals surface area contributed by atoms with Gasteiger partial charge in [-0.2, -0.15) is 0 Å². The Kier molecular flexibility index (Phi) is 15.7. The zero-order valence-corrected chi connectivity index (χ0v) is 32.0. The van der Waals surface area contributed by atoms with Crippen molar-refractivity contribution in [2.24, 2.45) is 23.7 Å². The van der Waals surface area contributed by atoms with Crippen LogP contribution in [-0.4, -0.2) is 124 Å². The Morgan fingerprint density at radius 3 is 2.18 bits per heavy atom. The van der Waals surface area contributed by atoms with Crippen LogP contribution in [0.2, 0.25) is 0 Å². The quantitative estimate of drug-likeness (QED) is 0.285. The number of aliphatic hydroxyl groups excluding tert-OH is 3. The van der Waals surface area contributed by atoms with Crippen molar-refractivity contribution in [2.75, 3.05) is 14.1 Å². The molecule has 3 heterocycles. The number of likely N-dealkylation sites (N-methyl/N-ethyl adjacent to an activating group) is 1. The Hall–Kier alpha value is -1.74. The SMILES string of the molecule is CC[C@H]1C[C@@H](C)C(=O)/C=C/C(C)=C/[C@H](C)[C@@H](CC)OC(=O)C[C@@H](O)[C@H](C)[C@H]1O[C@@H]1O[C@H](C)[C@@H](O[C@H]2C[C@@](C)(O)[C@@H](O)[C@H](C)O2)[C@H](N(C)C)[C@H]1O. The van der Waals surface area contributed by atoms with Crippen LogP contribution in [0.5, 0.6) is 0 Å². The Morgan fingerprint density at radius 1 is 0.940 bits per heavy atom. The van der Waals surface area contributed by atoms with Crippen LogP contribution in [0.4, 0.5) is 0 Å². The van der Waals surface area contributed by atoms with Gasteiger partial charge in [-0.15, -0.1) is 0 Å². The van der Waals surface area contributed by atoms with Crippen molar-refractivity contribution in [3.05, 3.63) is 23.8 Å². The van der Waals surface area contributed by atoms with Gasteiger partial charge in [0, 0.05) is 24.2 Å². The molecule has 0 aromatic heterocycles. The standard InChI is InChI=1S/C38H65NO11/c1-12-26-17-21(4)27(40)15-14-20(3)16-22(5)29(13-2)48-30(42)18-28(41)23(6)34(26)50-37-33(43)32(39(10)11)35(24(7)47-37)49-31-19-38(9,45)36(44)25(8)46-31/h14-16,21-26,28-29,31-37,41,43-45H,12-13,17-19H2,1-11H3/b15-14+,20-16+/t21-,22+,23+,24-,25+,26+,28-,29-,31+,32-,33-,34-,35-,36+,37+,38-/m1/s1. The molecule has 3 aliphatic heterocycles. The molecule has 0 aromatic carbocycles. The summed E-state index contributed by atoms with van der Waals surface area (Å²) in [5.41, 5.74) is -0.536. The molecule has 2 fully saturated rings. The molecule has 50 heavy (non-hydrogen) atoms. The second kappa shape index (κ2) is 18.3. The van der Waals surface area contributed by atoms with Gasteiger partial charge >= 0.3 is 5.97 Å². The van der Waals surface area contributed by atoms with E-state index >= 15 is 0 Å². The fourth-order valence-corrected chi connectivity index (χ4v) is 7.72. The summed E-state index contributed by atoms with van der Waals surface area (Å²) in [6, 6.07) is -0.629. The second-order valence-electron chi connectivity index (χ2n) is 15.5. The van der Waals surface area contributed by atoms with Crippen LogP contribution >= 0.6 is 0 Å². The van der Waals surface area contributed by atoms with E-state index in [0.717, 1.165) is 5.57 Å². The number of carbonyl (C=O) groups is 2. The highest BCUT2D eigenvalue weighted by Crippen LogP contribution is 2.37. The molecule has 12 heteroatoms. The molecule has 0 radical (unpaired) electrons. The number of hydrogen-bond donors (Lipinski definition) is 4. The van der Waals surface area contributed by atoms with Gasteiger partial charge in [-0.3, -0.25) is 9.59 Å². The molecule has 0 saturated carbocycles. The molecule has 3 aliphatic rings. The zero-order valence-electron chi connectivity index (χ0n) is 32.0. The van der Waals surface area contributed by atoms with Crippen LogP contribution in [0.1, 0.15) is 94.4 Å². The largest absolute Gasteiger partial charge is 0.462 e.